The SMILES string of the molecule is CC1=CCN(C(=O)c2sc3cccc(Cl)c3c2N)CC1. The molecule has 1 aromatic heterocycles. The Kier molecular flexibility index (Phi) is 3.44. The van der Waals surface area contributed by atoms with Crippen molar-refractivity contribution in [2.24, 2.45) is 0 Å². The highest BCUT2D eigenvalue weighted by molar-refractivity contribution is 7.21. The minimum absolute atomic E-state index is 0.00326. The molecule has 0 saturated heterocycles. The number of halogens is 1. The molecule has 0 bridgehead atoms. The molecule has 1 aromatic carbocycles. The van der Waals surface area contributed by atoms with E-state index in [1.807, 2.05) is 17.0 Å². The maximum absolute atomic E-state index is 12.6. The van der Waals surface area contributed by atoms with Crippen molar-refractivity contribution in [2.75, 3.05) is 18.8 Å². The van der Waals surface area contributed by atoms with Crippen molar-refractivity contribution in [1.82, 2.24) is 4.90 Å². The standard InChI is InChI=1S/C15H15ClN2OS/c1-9-5-7-18(8-6-9)15(19)14-13(17)12-10(16)3-2-4-11(12)20-14/h2-5H,6-8,17H2,1H3. The molecule has 1 aliphatic heterocycles. The third-order valence-electron chi connectivity index (χ3n) is 3.62. The minimum atomic E-state index is 0.00326. The number of benzene rings is 1. The Morgan fingerprint density at radius 3 is 2.90 bits per heavy atom. The maximum Gasteiger partial charge on any atom is 0.266 e. The van der Waals surface area contributed by atoms with E-state index in [0.717, 1.165) is 23.1 Å². The van der Waals surface area contributed by atoms with Crippen molar-refractivity contribution in [3.8, 4) is 0 Å². The van der Waals surface area contributed by atoms with E-state index in [2.05, 4.69) is 13.0 Å². The molecular formula is C15H15ClN2OS. The number of carbonyl (C=O) groups excluding carboxylic acids is 1. The number of amides is 1. The summed E-state index contributed by atoms with van der Waals surface area (Å²) in [4.78, 5) is 15.0. The Morgan fingerprint density at radius 1 is 1.45 bits per heavy atom. The highest BCUT2D eigenvalue weighted by Crippen LogP contribution is 2.38. The largest absolute Gasteiger partial charge is 0.397 e. The van der Waals surface area contributed by atoms with Gasteiger partial charge in [-0.2, -0.15) is 0 Å². The summed E-state index contributed by atoms with van der Waals surface area (Å²) in [6, 6.07) is 5.62. The van der Waals surface area contributed by atoms with Crippen LogP contribution < -0.4 is 5.73 Å². The zero-order chi connectivity index (χ0) is 14.3. The van der Waals surface area contributed by atoms with Gasteiger partial charge in [0.15, 0.2) is 0 Å². The molecule has 2 heterocycles. The quantitative estimate of drug-likeness (QED) is 0.811. The Hall–Kier alpha value is -1.52. The summed E-state index contributed by atoms with van der Waals surface area (Å²) in [7, 11) is 0. The lowest BCUT2D eigenvalue weighted by atomic mass is 10.1. The molecule has 0 saturated carbocycles. The predicted molar refractivity (Wildman–Crippen MR) is 85.5 cm³/mol. The second-order valence-corrected chi connectivity index (χ2v) is 6.47. The molecule has 3 rings (SSSR count). The number of rotatable bonds is 1. The Morgan fingerprint density at radius 2 is 2.25 bits per heavy atom. The number of anilines is 1. The van der Waals surface area contributed by atoms with E-state index in [-0.39, 0.29) is 5.91 Å². The summed E-state index contributed by atoms with van der Waals surface area (Å²) in [5, 5.41) is 1.40. The molecule has 0 unspecified atom stereocenters. The van der Waals surface area contributed by atoms with Gasteiger partial charge in [0.05, 0.1) is 10.7 Å². The highest BCUT2D eigenvalue weighted by atomic mass is 35.5. The van der Waals surface area contributed by atoms with Crippen molar-refractivity contribution in [3.63, 3.8) is 0 Å². The molecule has 2 N–H and O–H groups in total. The van der Waals surface area contributed by atoms with E-state index in [1.165, 1.54) is 16.9 Å². The zero-order valence-corrected chi connectivity index (χ0v) is 12.7. The molecule has 104 valence electrons. The monoisotopic (exact) mass is 306 g/mol. The zero-order valence-electron chi connectivity index (χ0n) is 11.1. The summed E-state index contributed by atoms with van der Waals surface area (Å²) in [6.45, 7) is 3.50. The van der Waals surface area contributed by atoms with Crippen LogP contribution in [0.5, 0.6) is 0 Å². The molecule has 1 amide bonds. The first-order valence-corrected chi connectivity index (χ1v) is 7.69. The lowest BCUT2D eigenvalue weighted by Gasteiger charge is -2.25. The van der Waals surface area contributed by atoms with Crippen LogP contribution in [-0.2, 0) is 0 Å². The number of carbonyl (C=O) groups is 1. The summed E-state index contributed by atoms with van der Waals surface area (Å²) >= 11 is 7.60. The van der Waals surface area contributed by atoms with Gasteiger partial charge in [-0.1, -0.05) is 29.3 Å². The van der Waals surface area contributed by atoms with Gasteiger partial charge < -0.3 is 10.6 Å². The molecule has 3 nitrogen and oxygen atoms in total. The van der Waals surface area contributed by atoms with Crippen molar-refractivity contribution >= 4 is 44.6 Å². The second-order valence-electron chi connectivity index (χ2n) is 5.01. The smallest absolute Gasteiger partial charge is 0.266 e. The Bertz CT molecular complexity index is 720. The van der Waals surface area contributed by atoms with Crippen LogP contribution in [0, 0.1) is 0 Å². The van der Waals surface area contributed by atoms with Gasteiger partial charge in [-0.05, 0) is 25.5 Å². The lowest BCUT2D eigenvalue weighted by Crippen LogP contribution is -2.34. The minimum Gasteiger partial charge on any atom is -0.397 e. The number of fused-ring (bicyclic) bond motifs is 1. The molecule has 1 aliphatic rings. The molecule has 0 aliphatic carbocycles. The normalized spacial score (nSPS) is 15.5. The average Bonchev–Trinajstić information content (AvgIpc) is 2.77. The summed E-state index contributed by atoms with van der Waals surface area (Å²) in [5.41, 5.74) is 7.98. The van der Waals surface area contributed by atoms with Crippen molar-refractivity contribution in [2.45, 2.75) is 13.3 Å². The molecule has 0 fully saturated rings. The van der Waals surface area contributed by atoms with Crippen molar-refractivity contribution in [3.05, 3.63) is 39.7 Å². The molecule has 5 heteroatoms. The van der Waals surface area contributed by atoms with Crippen molar-refractivity contribution in [1.29, 1.82) is 0 Å². The van der Waals surface area contributed by atoms with Gasteiger partial charge in [-0.25, -0.2) is 0 Å². The first kappa shape index (κ1) is 13.5. The molecule has 0 atom stereocenters. The second kappa shape index (κ2) is 5.11. The Labute approximate surface area is 126 Å². The van der Waals surface area contributed by atoms with Gasteiger partial charge in [-0.15, -0.1) is 11.3 Å². The number of nitrogens with two attached hydrogens (primary N) is 1. The van der Waals surface area contributed by atoms with E-state index < -0.39 is 0 Å². The molecule has 0 spiro atoms. The molecule has 0 radical (unpaired) electrons. The van der Waals surface area contributed by atoms with Gasteiger partial charge >= 0.3 is 0 Å². The first-order chi connectivity index (χ1) is 9.58. The fraction of sp³-hybridized carbons (Fsp3) is 0.267. The number of hydrogen-bond donors (Lipinski definition) is 1. The van der Waals surface area contributed by atoms with Gasteiger partial charge in [0, 0.05) is 23.2 Å². The third kappa shape index (κ3) is 2.19. The fourth-order valence-corrected chi connectivity index (χ4v) is 3.84. The predicted octanol–water partition coefficient (Wildman–Crippen LogP) is 3.93. The summed E-state index contributed by atoms with van der Waals surface area (Å²) in [6.07, 6.45) is 3.02. The summed E-state index contributed by atoms with van der Waals surface area (Å²) in [5.74, 6) is 0.00326. The fourth-order valence-electron chi connectivity index (χ4n) is 2.39. The van der Waals surface area contributed by atoms with Crippen LogP contribution in [-0.4, -0.2) is 23.9 Å². The van der Waals surface area contributed by atoms with Gasteiger partial charge in [-0.3, -0.25) is 4.79 Å². The highest BCUT2D eigenvalue weighted by Gasteiger charge is 2.23. The van der Waals surface area contributed by atoms with E-state index in [4.69, 9.17) is 17.3 Å². The molecular weight excluding hydrogens is 292 g/mol. The van der Waals surface area contributed by atoms with Gasteiger partial charge in [0.2, 0.25) is 0 Å². The number of thiophene rings is 1. The average molecular weight is 307 g/mol. The number of nitrogen functional groups attached to an aromatic ring is 1. The van der Waals surface area contributed by atoms with Crippen LogP contribution in [0.2, 0.25) is 5.02 Å². The van der Waals surface area contributed by atoms with Crippen LogP contribution in [0.1, 0.15) is 23.0 Å². The van der Waals surface area contributed by atoms with E-state index >= 15 is 0 Å². The summed E-state index contributed by atoms with van der Waals surface area (Å²) < 4.78 is 0.960. The van der Waals surface area contributed by atoms with Crippen LogP contribution in [0.25, 0.3) is 10.1 Å². The van der Waals surface area contributed by atoms with Crippen LogP contribution in [0.4, 0.5) is 5.69 Å². The third-order valence-corrected chi connectivity index (χ3v) is 5.09. The van der Waals surface area contributed by atoms with Crippen molar-refractivity contribution < 1.29 is 4.79 Å². The van der Waals surface area contributed by atoms with E-state index in [9.17, 15) is 4.79 Å². The lowest BCUT2D eigenvalue weighted by molar-refractivity contribution is 0.0775. The molecule has 2 aromatic rings. The maximum atomic E-state index is 12.6. The van der Waals surface area contributed by atoms with Crippen LogP contribution in [0.3, 0.4) is 0 Å². The Balaban J connectivity index is 2.00. The van der Waals surface area contributed by atoms with E-state index in [1.54, 1.807) is 6.07 Å². The van der Waals surface area contributed by atoms with E-state index in [0.29, 0.717) is 22.1 Å². The van der Waals surface area contributed by atoms with Gasteiger partial charge in [0.1, 0.15) is 4.88 Å². The van der Waals surface area contributed by atoms with Crippen LogP contribution >= 0.6 is 22.9 Å². The van der Waals surface area contributed by atoms with Crippen LogP contribution in [0.15, 0.2) is 29.8 Å². The topological polar surface area (TPSA) is 46.3 Å². The number of nitrogens with zero attached hydrogens (tertiary/aromatic N) is 1. The molecule has 20 heavy (non-hydrogen) atoms. The number of hydrogen-bond acceptors (Lipinski definition) is 3. The first-order valence-electron chi connectivity index (χ1n) is 6.49. The van der Waals surface area contributed by atoms with Gasteiger partial charge in [0.25, 0.3) is 5.91 Å².